The van der Waals surface area contributed by atoms with Gasteiger partial charge in [-0.05, 0) is 29.9 Å². The molecule has 0 radical (unpaired) electrons. The van der Waals surface area contributed by atoms with Crippen molar-refractivity contribution in [3.8, 4) is 0 Å². The molecule has 1 unspecified atom stereocenters. The lowest BCUT2D eigenvalue weighted by Gasteiger charge is -2.17. The Hall–Kier alpha value is -1.19. The summed E-state index contributed by atoms with van der Waals surface area (Å²) in [6.45, 7) is 6.53. The molecule has 0 bridgehead atoms. The molecule has 1 atom stereocenters. The van der Waals surface area contributed by atoms with Gasteiger partial charge in [-0.1, -0.05) is 45.0 Å². The van der Waals surface area contributed by atoms with Crippen molar-refractivity contribution in [1.29, 1.82) is 0 Å². The Kier molecular flexibility index (Phi) is 3.89. The molecule has 0 spiro atoms. The molecule has 1 heterocycles. The van der Waals surface area contributed by atoms with Crippen molar-refractivity contribution in [1.82, 2.24) is 4.98 Å². The summed E-state index contributed by atoms with van der Waals surface area (Å²) in [6, 6.07) is 8.54. The van der Waals surface area contributed by atoms with Crippen LogP contribution in [0.1, 0.15) is 42.6 Å². The molecule has 1 aromatic carbocycles. The van der Waals surface area contributed by atoms with Gasteiger partial charge in [-0.3, -0.25) is 0 Å². The number of nitrogens with zero attached hydrogens (tertiary/aromatic N) is 1. The lowest BCUT2D eigenvalue weighted by molar-refractivity contribution is 0.112. The van der Waals surface area contributed by atoms with Gasteiger partial charge in [0.25, 0.3) is 0 Å². The number of hydrogen-bond donors (Lipinski definition) is 1. The van der Waals surface area contributed by atoms with E-state index in [1.807, 2.05) is 0 Å². The summed E-state index contributed by atoms with van der Waals surface area (Å²) >= 11 is 1.68. The third-order valence-electron chi connectivity index (χ3n) is 4.33. The quantitative estimate of drug-likeness (QED) is 0.936. The first-order chi connectivity index (χ1) is 9.93. The Morgan fingerprint density at radius 3 is 2.38 bits per heavy atom. The molecule has 3 heteroatoms. The third-order valence-corrected chi connectivity index (χ3v) is 5.20. The number of fused-ring (bicyclic) bond motifs is 1. The summed E-state index contributed by atoms with van der Waals surface area (Å²) in [6.07, 6.45) is 2.37. The molecule has 2 aromatic rings. The highest BCUT2D eigenvalue weighted by atomic mass is 32.1. The van der Waals surface area contributed by atoms with E-state index in [1.165, 1.54) is 11.1 Å². The van der Waals surface area contributed by atoms with Crippen molar-refractivity contribution in [3.05, 3.63) is 51.5 Å². The summed E-state index contributed by atoms with van der Waals surface area (Å²) in [4.78, 5) is 4.70. The fourth-order valence-electron chi connectivity index (χ4n) is 2.96. The lowest BCUT2D eigenvalue weighted by atomic mass is 9.93. The molecule has 1 aromatic heterocycles. The molecule has 112 valence electrons. The van der Waals surface area contributed by atoms with Gasteiger partial charge in [0.15, 0.2) is 0 Å². The van der Waals surface area contributed by atoms with E-state index in [2.05, 4.69) is 50.4 Å². The number of aliphatic hydroxyl groups is 1. The summed E-state index contributed by atoms with van der Waals surface area (Å²) in [5.74, 6) is 0.337. The largest absolute Gasteiger partial charge is 0.392 e. The van der Waals surface area contributed by atoms with Gasteiger partial charge >= 0.3 is 0 Å². The maximum atomic E-state index is 10.6. The standard InChI is InChI=1S/C18H23NOS/c1-18(2,3)16-11-21-17(19-16)10-15(20)14-8-12-6-4-5-7-13(12)9-14/h4-7,11,14-15,20H,8-10H2,1-3H3. The van der Waals surface area contributed by atoms with E-state index < -0.39 is 0 Å². The topological polar surface area (TPSA) is 33.1 Å². The van der Waals surface area contributed by atoms with Gasteiger partial charge in [-0.25, -0.2) is 4.98 Å². The maximum Gasteiger partial charge on any atom is 0.0954 e. The number of aromatic nitrogens is 1. The van der Waals surface area contributed by atoms with Gasteiger partial charge in [-0.15, -0.1) is 11.3 Å². The average Bonchev–Trinajstić information content (AvgIpc) is 3.03. The van der Waals surface area contributed by atoms with Gasteiger partial charge in [0.2, 0.25) is 0 Å². The zero-order valence-electron chi connectivity index (χ0n) is 13.0. The van der Waals surface area contributed by atoms with Crippen LogP contribution >= 0.6 is 11.3 Å². The summed E-state index contributed by atoms with van der Waals surface area (Å²) in [7, 11) is 0. The van der Waals surface area contributed by atoms with Crippen molar-refractivity contribution < 1.29 is 5.11 Å². The fourth-order valence-corrected chi connectivity index (χ4v) is 4.03. The molecule has 0 aliphatic heterocycles. The van der Waals surface area contributed by atoms with Crippen molar-refractivity contribution >= 4 is 11.3 Å². The Morgan fingerprint density at radius 1 is 1.24 bits per heavy atom. The zero-order valence-corrected chi connectivity index (χ0v) is 13.8. The summed E-state index contributed by atoms with van der Waals surface area (Å²) < 4.78 is 0. The second-order valence-corrected chi connectivity index (χ2v) is 8.03. The van der Waals surface area contributed by atoms with Crippen LogP contribution in [0, 0.1) is 5.92 Å². The second kappa shape index (κ2) is 5.54. The van der Waals surface area contributed by atoms with Crippen molar-refractivity contribution in [2.75, 3.05) is 0 Å². The minimum Gasteiger partial charge on any atom is -0.392 e. The van der Waals surface area contributed by atoms with Crippen LogP contribution in [0.25, 0.3) is 0 Å². The molecular formula is C18H23NOS. The molecule has 1 N–H and O–H groups in total. The smallest absolute Gasteiger partial charge is 0.0954 e. The second-order valence-electron chi connectivity index (χ2n) is 7.08. The van der Waals surface area contributed by atoms with Crippen molar-refractivity contribution in [2.24, 2.45) is 5.92 Å². The third kappa shape index (κ3) is 3.19. The molecule has 1 aliphatic carbocycles. The van der Waals surface area contributed by atoms with Crippen molar-refractivity contribution in [2.45, 2.75) is 51.6 Å². The summed E-state index contributed by atoms with van der Waals surface area (Å²) in [5.41, 5.74) is 4.01. The Bertz CT molecular complexity index is 601. The van der Waals surface area contributed by atoms with Crippen LogP contribution in [-0.4, -0.2) is 16.2 Å². The first kappa shape index (κ1) is 14.7. The van der Waals surface area contributed by atoms with E-state index in [0.29, 0.717) is 12.3 Å². The van der Waals surface area contributed by atoms with Crippen LogP contribution in [0.3, 0.4) is 0 Å². The SMILES string of the molecule is CC(C)(C)c1csc(CC(O)C2Cc3ccccc3C2)n1. The van der Waals surface area contributed by atoms with E-state index in [-0.39, 0.29) is 11.5 Å². The van der Waals surface area contributed by atoms with E-state index in [9.17, 15) is 5.11 Å². The van der Waals surface area contributed by atoms with E-state index in [1.54, 1.807) is 11.3 Å². The molecular weight excluding hydrogens is 278 g/mol. The van der Waals surface area contributed by atoms with Crippen LogP contribution in [0.2, 0.25) is 0 Å². The fraction of sp³-hybridized carbons (Fsp3) is 0.500. The molecule has 21 heavy (non-hydrogen) atoms. The van der Waals surface area contributed by atoms with Crippen LogP contribution in [0.5, 0.6) is 0 Å². The number of aliphatic hydroxyl groups excluding tert-OH is 1. The van der Waals surface area contributed by atoms with Gasteiger partial charge in [0, 0.05) is 17.2 Å². The minimum atomic E-state index is -0.295. The highest BCUT2D eigenvalue weighted by Crippen LogP contribution is 2.31. The number of hydrogen-bond acceptors (Lipinski definition) is 3. The normalized spacial score (nSPS) is 17.0. The molecule has 1 aliphatic rings. The van der Waals surface area contributed by atoms with Crippen LogP contribution in [0.4, 0.5) is 0 Å². The van der Waals surface area contributed by atoms with Gasteiger partial charge in [0.05, 0.1) is 16.8 Å². The monoisotopic (exact) mass is 301 g/mol. The number of rotatable bonds is 3. The zero-order chi connectivity index (χ0) is 15.0. The lowest BCUT2D eigenvalue weighted by Crippen LogP contribution is -2.23. The molecule has 0 fully saturated rings. The Morgan fingerprint density at radius 2 is 1.86 bits per heavy atom. The molecule has 0 saturated carbocycles. The van der Waals surface area contributed by atoms with Gasteiger partial charge < -0.3 is 5.11 Å². The maximum absolute atomic E-state index is 10.6. The number of thiazole rings is 1. The molecule has 2 nitrogen and oxygen atoms in total. The van der Waals surface area contributed by atoms with Crippen LogP contribution < -0.4 is 0 Å². The Balaban J connectivity index is 1.65. The number of benzene rings is 1. The highest BCUT2D eigenvalue weighted by molar-refractivity contribution is 7.09. The minimum absolute atomic E-state index is 0.0866. The molecule has 3 rings (SSSR count). The van der Waals surface area contributed by atoms with E-state index in [0.717, 1.165) is 23.5 Å². The average molecular weight is 301 g/mol. The summed E-state index contributed by atoms with van der Waals surface area (Å²) in [5, 5.41) is 13.7. The van der Waals surface area contributed by atoms with E-state index >= 15 is 0 Å². The predicted octanol–water partition coefficient (Wildman–Crippen LogP) is 3.76. The first-order valence-corrected chi connectivity index (χ1v) is 8.51. The van der Waals surface area contributed by atoms with Crippen LogP contribution in [-0.2, 0) is 24.7 Å². The Labute approximate surface area is 130 Å². The molecule has 0 amide bonds. The molecule has 0 saturated heterocycles. The highest BCUT2D eigenvalue weighted by Gasteiger charge is 2.28. The van der Waals surface area contributed by atoms with E-state index in [4.69, 9.17) is 4.98 Å². The van der Waals surface area contributed by atoms with Gasteiger partial charge in [0.1, 0.15) is 0 Å². The first-order valence-electron chi connectivity index (χ1n) is 7.63. The van der Waals surface area contributed by atoms with Gasteiger partial charge in [-0.2, -0.15) is 0 Å². The predicted molar refractivity (Wildman–Crippen MR) is 87.9 cm³/mol. The van der Waals surface area contributed by atoms with Crippen LogP contribution in [0.15, 0.2) is 29.6 Å². The van der Waals surface area contributed by atoms with Crippen molar-refractivity contribution in [3.63, 3.8) is 0 Å².